The summed E-state index contributed by atoms with van der Waals surface area (Å²) in [5.41, 5.74) is 5.54. The monoisotopic (exact) mass is 410 g/mol. The van der Waals surface area contributed by atoms with E-state index < -0.39 is 0 Å². The summed E-state index contributed by atoms with van der Waals surface area (Å²) < 4.78 is 2.24. The van der Waals surface area contributed by atoms with Crippen molar-refractivity contribution in [2.45, 2.75) is 19.0 Å². The average Bonchev–Trinajstić information content (AvgIpc) is 3.39. The van der Waals surface area contributed by atoms with Crippen LogP contribution in [0.1, 0.15) is 29.0 Å². The second-order valence-electron chi connectivity index (χ2n) is 7.47. The lowest BCUT2D eigenvalue weighted by molar-refractivity contribution is 0.549. The normalized spacial score (nSPS) is 18.4. The van der Waals surface area contributed by atoms with Crippen molar-refractivity contribution in [3.63, 3.8) is 0 Å². The molecule has 148 valence electrons. The number of thiocarbonyl (C=S) groups is 1. The number of rotatable bonds is 4. The summed E-state index contributed by atoms with van der Waals surface area (Å²) >= 11 is 5.83. The fourth-order valence-electron chi connectivity index (χ4n) is 4.17. The number of nitrogens with one attached hydrogen (secondary N) is 1. The van der Waals surface area contributed by atoms with Gasteiger partial charge in [-0.05, 0) is 73.2 Å². The highest BCUT2D eigenvalue weighted by atomic mass is 32.1. The van der Waals surface area contributed by atoms with Crippen LogP contribution in [-0.4, -0.2) is 14.7 Å². The van der Waals surface area contributed by atoms with E-state index in [1.807, 2.05) is 24.4 Å². The SMILES string of the molecule is Cc1cccc(N2C(=S)N[C@H](c3ccccn3)[C@@H]2c2cccn2-c2ccccc2)c1. The van der Waals surface area contributed by atoms with E-state index in [1.165, 1.54) is 5.56 Å². The van der Waals surface area contributed by atoms with Crippen molar-refractivity contribution in [1.29, 1.82) is 0 Å². The summed E-state index contributed by atoms with van der Waals surface area (Å²) in [7, 11) is 0. The Labute approximate surface area is 181 Å². The first-order chi connectivity index (χ1) is 14.7. The van der Waals surface area contributed by atoms with Gasteiger partial charge in [0.25, 0.3) is 0 Å². The quantitative estimate of drug-likeness (QED) is 0.459. The van der Waals surface area contributed by atoms with Crippen molar-refractivity contribution in [1.82, 2.24) is 14.9 Å². The Hall–Kier alpha value is -3.44. The first-order valence-corrected chi connectivity index (χ1v) is 10.4. The molecule has 4 aromatic rings. The van der Waals surface area contributed by atoms with Gasteiger partial charge in [0.15, 0.2) is 5.11 Å². The maximum Gasteiger partial charge on any atom is 0.174 e. The maximum absolute atomic E-state index is 5.83. The molecule has 0 radical (unpaired) electrons. The fraction of sp³-hybridized carbons (Fsp3) is 0.120. The van der Waals surface area contributed by atoms with Gasteiger partial charge in [0.05, 0.1) is 11.7 Å². The molecule has 0 amide bonds. The number of pyridine rings is 1. The lowest BCUT2D eigenvalue weighted by Gasteiger charge is -2.29. The predicted molar refractivity (Wildman–Crippen MR) is 125 cm³/mol. The Morgan fingerprint density at radius 1 is 0.867 bits per heavy atom. The standard InChI is InChI=1S/C25H22N4S/c1-18-9-7-12-20(17-18)29-24(23(27-25(29)30)21-13-5-6-15-26-21)22-14-8-16-28(22)19-10-3-2-4-11-19/h2-17,23-24H,1H3,(H,27,30)/t23-,24+/m1/s1. The third kappa shape index (κ3) is 3.27. The van der Waals surface area contributed by atoms with Gasteiger partial charge in [0.1, 0.15) is 6.04 Å². The van der Waals surface area contributed by atoms with E-state index in [9.17, 15) is 0 Å². The molecule has 1 saturated heterocycles. The average molecular weight is 411 g/mol. The summed E-state index contributed by atoms with van der Waals surface area (Å²) in [6.07, 6.45) is 3.94. The van der Waals surface area contributed by atoms with E-state index in [-0.39, 0.29) is 12.1 Å². The number of anilines is 1. The minimum Gasteiger partial charge on any atom is -0.351 e. The first-order valence-electron chi connectivity index (χ1n) is 10.0. The van der Waals surface area contributed by atoms with Gasteiger partial charge in [-0.3, -0.25) is 4.98 Å². The lowest BCUT2D eigenvalue weighted by atomic mass is 10.0. The topological polar surface area (TPSA) is 33.1 Å². The van der Waals surface area contributed by atoms with Crippen molar-refractivity contribution in [2.75, 3.05) is 4.90 Å². The third-order valence-corrected chi connectivity index (χ3v) is 5.81. The van der Waals surface area contributed by atoms with Crippen LogP contribution in [0.2, 0.25) is 0 Å². The molecule has 0 saturated carbocycles. The summed E-state index contributed by atoms with van der Waals surface area (Å²) in [4.78, 5) is 6.86. The van der Waals surface area contributed by atoms with Gasteiger partial charge in [-0.2, -0.15) is 0 Å². The van der Waals surface area contributed by atoms with Gasteiger partial charge < -0.3 is 14.8 Å². The van der Waals surface area contributed by atoms with Crippen molar-refractivity contribution < 1.29 is 0 Å². The molecule has 2 atom stereocenters. The van der Waals surface area contributed by atoms with Gasteiger partial charge >= 0.3 is 0 Å². The smallest absolute Gasteiger partial charge is 0.174 e. The van der Waals surface area contributed by atoms with E-state index in [0.29, 0.717) is 5.11 Å². The number of aryl methyl sites for hydroxylation is 1. The zero-order valence-corrected chi connectivity index (χ0v) is 17.5. The maximum atomic E-state index is 5.83. The zero-order valence-electron chi connectivity index (χ0n) is 16.6. The van der Waals surface area contributed by atoms with Crippen molar-refractivity contribution in [3.05, 3.63) is 114 Å². The molecular weight excluding hydrogens is 388 g/mol. The Morgan fingerprint density at radius 2 is 1.67 bits per heavy atom. The molecule has 30 heavy (non-hydrogen) atoms. The molecule has 0 unspecified atom stereocenters. The molecule has 0 aliphatic carbocycles. The van der Waals surface area contributed by atoms with Crippen LogP contribution in [0.15, 0.2) is 97.3 Å². The van der Waals surface area contributed by atoms with Crippen LogP contribution >= 0.6 is 12.2 Å². The number of nitrogens with zero attached hydrogens (tertiary/aromatic N) is 3. The van der Waals surface area contributed by atoms with E-state index in [2.05, 4.69) is 99.6 Å². The third-order valence-electron chi connectivity index (χ3n) is 5.50. The number of aromatic nitrogens is 2. The van der Waals surface area contributed by atoms with Gasteiger partial charge in [-0.25, -0.2) is 0 Å². The minimum absolute atomic E-state index is 0.0376. The molecule has 2 aromatic heterocycles. The van der Waals surface area contributed by atoms with Crippen LogP contribution in [-0.2, 0) is 0 Å². The molecule has 1 aliphatic heterocycles. The van der Waals surface area contributed by atoms with Gasteiger partial charge in [0, 0.05) is 29.5 Å². The molecule has 1 aliphatic rings. The Bertz CT molecular complexity index is 1170. The predicted octanol–water partition coefficient (Wildman–Crippen LogP) is 5.36. The minimum atomic E-state index is -0.0587. The molecule has 4 nitrogen and oxygen atoms in total. The molecule has 1 N–H and O–H groups in total. The van der Waals surface area contributed by atoms with Crippen LogP contribution in [0.25, 0.3) is 5.69 Å². The number of benzene rings is 2. The molecule has 5 rings (SSSR count). The molecular formula is C25H22N4S. The molecule has 2 aromatic carbocycles. The summed E-state index contributed by atoms with van der Waals surface area (Å²) in [5.74, 6) is 0. The van der Waals surface area contributed by atoms with Crippen molar-refractivity contribution in [3.8, 4) is 5.69 Å². The molecule has 0 spiro atoms. The largest absolute Gasteiger partial charge is 0.351 e. The lowest BCUT2D eigenvalue weighted by Crippen LogP contribution is -2.30. The number of hydrogen-bond acceptors (Lipinski definition) is 2. The van der Waals surface area contributed by atoms with Crippen LogP contribution in [0.5, 0.6) is 0 Å². The summed E-state index contributed by atoms with van der Waals surface area (Å²) in [5, 5.41) is 4.25. The van der Waals surface area contributed by atoms with E-state index >= 15 is 0 Å². The Balaban J connectivity index is 1.68. The van der Waals surface area contributed by atoms with Gasteiger partial charge in [-0.1, -0.05) is 36.4 Å². The highest BCUT2D eigenvalue weighted by molar-refractivity contribution is 7.80. The summed E-state index contributed by atoms with van der Waals surface area (Å²) in [6, 6.07) is 29.1. The summed E-state index contributed by atoms with van der Waals surface area (Å²) in [6.45, 7) is 2.11. The first kappa shape index (κ1) is 18.6. The van der Waals surface area contributed by atoms with Gasteiger partial charge in [-0.15, -0.1) is 0 Å². The number of para-hydroxylation sites is 1. The van der Waals surface area contributed by atoms with E-state index in [4.69, 9.17) is 12.2 Å². The van der Waals surface area contributed by atoms with Crippen LogP contribution in [0.3, 0.4) is 0 Å². The van der Waals surface area contributed by atoms with Crippen LogP contribution in [0, 0.1) is 6.92 Å². The Morgan fingerprint density at radius 3 is 2.43 bits per heavy atom. The van der Waals surface area contributed by atoms with Crippen LogP contribution in [0.4, 0.5) is 5.69 Å². The molecule has 1 fully saturated rings. The van der Waals surface area contributed by atoms with Crippen molar-refractivity contribution >= 4 is 23.0 Å². The van der Waals surface area contributed by atoms with E-state index in [0.717, 1.165) is 22.8 Å². The Kier molecular flexibility index (Phi) is 4.81. The highest BCUT2D eigenvalue weighted by Gasteiger charge is 2.42. The molecule has 0 bridgehead atoms. The second-order valence-corrected chi connectivity index (χ2v) is 7.86. The molecule has 3 heterocycles. The number of hydrogen-bond donors (Lipinski definition) is 1. The van der Waals surface area contributed by atoms with Crippen molar-refractivity contribution in [2.24, 2.45) is 0 Å². The molecule has 5 heteroatoms. The van der Waals surface area contributed by atoms with Crippen LogP contribution < -0.4 is 10.2 Å². The zero-order chi connectivity index (χ0) is 20.5. The van der Waals surface area contributed by atoms with E-state index in [1.54, 1.807) is 0 Å². The highest BCUT2D eigenvalue weighted by Crippen LogP contribution is 2.42. The second kappa shape index (κ2) is 7.76. The van der Waals surface area contributed by atoms with Gasteiger partial charge in [0.2, 0.25) is 0 Å². The fourth-order valence-corrected chi connectivity index (χ4v) is 4.52.